The molecule has 1 aliphatic rings. The van der Waals surface area contributed by atoms with E-state index in [4.69, 9.17) is 16.6 Å². The molecule has 4 aromatic rings. The largest absolute Gasteiger partial charge is 0.353 e. The van der Waals surface area contributed by atoms with Crippen molar-refractivity contribution >= 4 is 39.0 Å². The van der Waals surface area contributed by atoms with Crippen molar-refractivity contribution in [1.29, 1.82) is 0 Å². The van der Waals surface area contributed by atoms with Gasteiger partial charge in [0.15, 0.2) is 0 Å². The molecule has 0 saturated carbocycles. The van der Waals surface area contributed by atoms with Crippen molar-refractivity contribution in [1.82, 2.24) is 14.9 Å². The monoisotopic (exact) mass is 462 g/mol. The predicted octanol–water partition coefficient (Wildman–Crippen LogP) is 6.26. The Bertz CT molecular complexity index is 1260. The SMILES string of the molecule is Cc1ccc(-c2c(C)sc3nc(Cl)nc(N4CCN(Cc5ccccc5)CC4)c23)cc1C. The van der Waals surface area contributed by atoms with Crippen molar-refractivity contribution in [2.75, 3.05) is 31.1 Å². The van der Waals surface area contributed by atoms with E-state index in [9.17, 15) is 0 Å². The molecule has 0 aliphatic carbocycles. The second-order valence-corrected chi connectivity index (χ2v) is 10.1. The molecular formula is C26H27ClN4S. The Morgan fingerprint density at radius 3 is 2.38 bits per heavy atom. The lowest BCUT2D eigenvalue weighted by Gasteiger charge is -2.35. The zero-order valence-electron chi connectivity index (χ0n) is 18.7. The first-order valence-corrected chi connectivity index (χ1v) is 12.2. The lowest BCUT2D eigenvalue weighted by Crippen LogP contribution is -2.46. The van der Waals surface area contributed by atoms with E-state index < -0.39 is 0 Å². The molecular weight excluding hydrogens is 436 g/mol. The van der Waals surface area contributed by atoms with E-state index in [1.807, 2.05) is 0 Å². The third kappa shape index (κ3) is 4.13. The lowest BCUT2D eigenvalue weighted by molar-refractivity contribution is 0.249. The average Bonchev–Trinajstić information content (AvgIpc) is 3.12. The molecule has 1 saturated heterocycles. The van der Waals surface area contributed by atoms with Crippen LogP contribution in [0.1, 0.15) is 21.6 Å². The summed E-state index contributed by atoms with van der Waals surface area (Å²) in [6.45, 7) is 11.3. The molecule has 164 valence electrons. The van der Waals surface area contributed by atoms with Gasteiger partial charge in [0.25, 0.3) is 0 Å². The highest BCUT2D eigenvalue weighted by molar-refractivity contribution is 7.19. The van der Waals surface area contributed by atoms with Crippen LogP contribution in [0.3, 0.4) is 0 Å². The summed E-state index contributed by atoms with van der Waals surface area (Å²) in [6, 6.07) is 17.4. The predicted molar refractivity (Wildman–Crippen MR) is 136 cm³/mol. The third-order valence-corrected chi connectivity index (χ3v) is 7.57. The van der Waals surface area contributed by atoms with Gasteiger partial charge in [0, 0.05) is 43.2 Å². The zero-order valence-corrected chi connectivity index (χ0v) is 20.3. The highest BCUT2D eigenvalue weighted by Crippen LogP contribution is 2.42. The Labute approximate surface area is 198 Å². The lowest BCUT2D eigenvalue weighted by atomic mass is 9.99. The van der Waals surface area contributed by atoms with Gasteiger partial charge in [-0.3, -0.25) is 4.90 Å². The maximum atomic E-state index is 6.38. The van der Waals surface area contributed by atoms with Gasteiger partial charge in [0.2, 0.25) is 5.28 Å². The van der Waals surface area contributed by atoms with Crippen molar-refractivity contribution in [2.45, 2.75) is 27.3 Å². The van der Waals surface area contributed by atoms with Crippen LogP contribution in [0.15, 0.2) is 48.5 Å². The Kier molecular flexibility index (Phi) is 5.89. The fraction of sp³-hybridized carbons (Fsp3) is 0.308. The van der Waals surface area contributed by atoms with Crippen LogP contribution in [0.4, 0.5) is 5.82 Å². The second kappa shape index (κ2) is 8.81. The van der Waals surface area contributed by atoms with E-state index in [0.717, 1.165) is 48.8 Å². The first-order valence-electron chi connectivity index (χ1n) is 11.0. The molecule has 6 heteroatoms. The second-order valence-electron chi connectivity index (χ2n) is 8.58. The summed E-state index contributed by atoms with van der Waals surface area (Å²) < 4.78 is 0. The van der Waals surface area contributed by atoms with E-state index in [1.165, 1.54) is 32.7 Å². The van der Waals surface area contributed by atoms with Crippen LogP contribution in [0, 0.1) is 20.8 Å². The van der Waals surface area contributed by atoms with Crippen molar-refractivity contribution < 1.29 is 0 Å². The van der Waals surface area contributed by atoms with E-state index in [1.54, 1.807) is 11.3 Å². The van der Waals surface area contributed by atoms with Crippen molar-refractivity contribution in [2.24, 2.45) is 0 Å². The Morgan fingerprint density at radius 1 is 0.906 bits per heavy atom. The van der Waals surface area contributed by atoms with Gasteiger partial charge >= 0.3 is 0 Å². The molecule has 0 bridgehead atoms. The number of thiophene rings is 1. The maximum Gasteiger partial charge on any atom is 0.225 e. The summed E-state index contributed by atoms with van der Waals surface area (Å²) in [4.78, 5) is 16.4. The standard InChI is InChI=1S/C26H27ClN4S/c1-17-9-10-21(15-18(17)2)22-19(3)32-25-23(22)24(28-26(27)29-25)31-13-11-30(12-14-31)16-20-7-5-4-6-8-20/h4-10,15H,11-14,16H2,1-3H3. The number of anilines is 1. The molecule has 0 spiro atoms. The Morgan fingerprint density at radius 2 is 1.66 bits per heavy atom. The average molecular weight is 463 g/mol. The van der Waals surface area contributed by atoms with Gasteiger partial charge in [0.05, 0.1) is 5.39 Å². The minimum Gasteiger partial charge on any atom is -0.353 e. The number of aryl methyl sites for hydroxylation is 3. The number of piperazine rings is 1. The summed E-state index contributed by atoms with van der Waals surface area (Å²) in [6.07, 6.45) is 0. The van der Waals surface area contributed by atoms with Gasteiger partial charge in [-0.05, 0) is 54.6 Å². The Hall–Kier alpha value is -2.47. The van der Waals surface area contributed by atoms with Gasteiger partial charge in [-0.1, -0.05) is 48.5 Å². The van der Waals surface area contributed by atoms with Crippen LogP contribution < -0.4 is 4.90 Å². The molecule has 3 heterocycles. The smallest absolute Gasteiger partial charge is 0.225 e. The molecule has 2 aromatic heterocycles. The van der Waals surface area contributed by atoms with Crippen LogP contribution in [-0.2, 0) is 6.54 Å². The highest BCUT2D eigenvalue weighted by Gasteiger charge is 2.25. The minimum atomic E-state index is 0.326. The van der Waals surface area contributed by atoms with Gasteiger partial charge in [0.1, 0.15) is 10.6 Å². The van der Waals surface area contributed by atoms with Gasteiger partial charge < -0.3 is 4.90 Å². The fourth-order valence-electron chi connectivity index (χ4n) is 4.50. The topological polar surface area (TPSA) is 32.3 Å². The van der Waals surface area contributed by atoms with E-state index in [-0.39, 0.29) is 0 Å². The molecule has 1 aliphatic heterocycles. The molecule has 0 unspecified atom stereocenters. The van der Waals surface area contributed by atoms with Gasteiger partial charge in [-0.25, -0.2) is 4.98 Å². The number of hydrogen-bond acceptors (Lipinski definition) is 5. The van der Waals surface area contributed by atoms with Crippen molar-refractivity contribution in [3.63, 3.8) is 0 Å². The normalized spacial score (nSPS) is 14.9. The Balaban J connectivity index is 1.48. The minimum absolute atomic E-state index is 0.326. The molecule has 2 aromatic carbocycles. The summed E-state index contributed by atoms with van der Waals surface area (Å²) in [5, 5.41) is 1.46. The maximum absolute atomic E-state index is 6.38. The molecule has 32 heavy (non-hydrogen) atoms. The summed E-state index contributed by atoms with van der Waals surface area (Å²) in [7, 11) is 0. The first kappa shape index (κ1) is 21.4. The molecule has 0 radical (unpaired) electrons. The highest BCUT2D eigenvalue weighted by atomic mass is 35.5. The number of hydrogen-bond donors (Lipinski definition) is 0. The molecule has 0 N–H and O–H groups in total. The number of fused-ring (bicyclic) bond motifs is 1. The quantitative estimate of drug-likeness (QED) is 0.335. The molecule has 0 atom stereocenters. The molecule has 0 amide bonds. The third-order valence-electron chi connectivity index (χ3n) is 6.40. The van der Waals surface area contributed by atoms with Crippen LogP contribution in [-0.4, -0.2) is 41.0 Å². The summed E-state index contributed by atoms with van der Waals surface area (Å²) in [5.74, 6) is 0.969. The molecule has 5 rings (SSSR count). The fourth-order valence-corrected chi connectivity index (χ4v) is 5.76. The van der Waals surface area contributed by atoms with Crippen LogP contribution in [0.25, 0.3) is 21.3 Å². The zero-order chi connectivity index (χ0) is 22.2. The van der Waals surface area contributed by atoms with Crippen LogP contribution in [0.2, 0.25) is 5.28 Å². The van der Waals surface area contributed by atoms with Crippen molar-refractivity contribution in [3.05, 3.63) is 75.4 Å². The van der Waals surface area contributed by atoms with E-state index >= 15 is 0 Å². The van der Waals surface area contributed by atoms with Crippen LogP contribution >= 0.6 is 22.9 Å². The summed E-state index contributed by atoms with van der Waals surface area (Å²) >= 11 is 8.09. The molecule has 4 nitrogen and oxygen atoms in total. The number of rotatable bonds is 4. The number of halogens is 1. The van der Waals surface area contributed by atoms with Crippen LogP contribution in [0.5, 0.6) is 0 Å². The number of nitrogens with zero attached hydrogens (tertiary/aromatic N) is 4. The molecule has 1 fully saturated rings. The number of benzene rings is 2. The summed E-state index contributed by atoms with van der Waals surface area (Å²) in [5.41, 5.74) is 6.43. The van der Waals surface area contributed by atoms with E-state index in [2.05, 4.69) is 84.1 Å². The van der Waals surface area contributed by atoms with Crippen molar-refractivity contribution in [3.8, 4) is 11.1 Å². The van der Waals surface area contributed by atoms with Gasteiger partial charge in [-0.15, -0.1) is 11.3 Å². The van der Waals surface area contributed by atoms with E-state index in [0.29, 0.717) is 5.28 Å². The first-order chi connectivity index (χ1) is 15.5. The van der Waals surface area contributed by atoms with Gasteiger partial charge in [-0.2, -0.15) is 4.98 Å². The number of aromatic nitrogens is 2.